The van der Waals surface area contributed by atoms with E-state index in [4.69, 9.17) is 0 Å². The molecule has 1 N–H and O–H groups in total. The number of amides is 3. The van der Waals surface area contributed by atoms with Gasteiger partial charge in [0.1, 0.15) is 0 Å². The third-order valence-electron chi connectivity index (χ3n) is 7.37. The Morgan fingerprint density at radius 2 is 1.80 bits per heavy atom. The molecule has 2 saturated carbocycles. The Kier molecular flexibility index (Phi) is 4.92. The molecule has 2 bridgehead atoms. The number of nitrogens with one attached hydrogen (secondary N) is 1. The van der Waals surface area contributed by atoms with Crippen molar-refractivity contribution in [1.29, 1.82) is 0 Å². The highest BCUT2D eigenvalue weighted by molar-refractivity contribution is 5.75. The Morgan fingerprint density at radius 1 is 1.00 bits per heavy atom. The van der Waals surface area contributed by atoms with Gasteiger partial charge in [0.2, 0.25) is 5.91 Å². The second-order valence-corrected chi connectivity index (χ2v) is 8.89. The third kappa shape index (κ3) is 3.65. The van der Waals surface area contributed by atoms with Crippen LogP contribution in [0.15, 0.2) is 0 Å². The van der Waals surface area contributed by atoms with Crippen LogP contribution in [-0.2, 0) is 4.79 Å². The minimum absolute atomic E-state index is 0.145. The zero-order chi connectivity index (χ0) is 17.4. The van der Waals surface area contributed by atoms with Crippen molar-refractivity contribution >= 4 is 11.9 Å². The van der Waals surface area contributed by atoms with Crippen molar-refractivity contribution in [2.45, 2.75) is 76.8 Å². The minimum Gasteiger partial charge on any atom is -0.343 e. The van der Waals surface area contributed by atoms with Gasteiger partial charge in [-0.15, -0.1) is 0 Å². The monoisotopic (exact) mass is 347 g/mol. The Labute approximate surface area is 151 Å². The van der Waals surface area contributed by atoms with E-state index in [1.165, 1.54) is 38.5 Å². The number of fused-ring (bicyclic) bond motifs is 2. The highest BCUT2D eigenvalue weighted by Crippen LogP contribution is 2.50. The van der Waals surface area contributed by atoms with Crippen LogP contribution in [-0.4, -0.2) is 53.5 Å². The highest BCUT2D eigenvalue weighted by Gasteiger charge is 2.42. The third-order valence-corrected chi connectivity index (χ3v) is 7.37. The molecule has 4 atom stereocenters. The first-order valence-corrected chi connectivity index (χ1v) is 10.4. The van der Waals surface area contributed by atoms with Crippen molar-refractivity contribution in [3.8, 4) is 0 Å². The van der Waals surface area contributed by atoms with Crippen molar-refractivity contribution in [2.24, 2.45) is 17.8 Å². The Morgan fingerprint density at radius 3 is 2.44 bits per heavy atom. The lowest BCUT2D eigenvalue weighted by Crippen LogP contribution is -2.51. The first-order chi connectivity index (χ1) is 12.1. The zero-order valence-electron chi connectivity index (χ0n) is 15.6. The fraction of sp³-hybridized carbons (Fsp3) is 0.900. The fourth-order valence-corrected chi connectivity index (χ4v) is 5.96. The maximum Gasteiger partial charge on any atom is 0.317 e. The van der Waals surface area contributed by atoms with E-state index in [1.54, 1.807) is 6.92 Å². The number of carbonyl (C=O) groups is 2. The second kappa shape index (κ2) is 7.16. The van der Waals surface area contributed by atoms with Gasteiger partial charge in [0.25, 0.3) is 0 Å². The average molecular weight is 348 g/mol. The number of carbonyl (C=O) groups excluding carboxylic acids is 2. The zero-order valence-corrected chi connectivity index (χ0v) is 15.6. The van der Waals surface area contributed by atoms with Gasteiger partial charge in [0.15, 0.2) is 0 Å². The summed E-state index contributed by atoms with van der Waals surface area (Å²) < 4.78 is 0. The van der Waals surface area contributed by atoms with Gasteiger partial charge < -0.3 is 15.1 Å². The summed E-state index contributed by atoms with van der Waals surface area (Å²) in [5.74, 6) is 2.96. The number of urea groups is 1. The van der Waals surface area contributed by atoms with Crippen LogP contribution in [0.3, 0.4) is 0 Å². The molecule has 3 amide bonds. The van der Waals surface area contributed by atoms with Gasteiger partial charge in [0.05, 0.1) is 0 Å². The summed E-state index contributed by atoms with van der Waals surface area (Å²) in [5, 5.41) is 3.26. The van der Waals surface area contributed by atoms with E-state index >= 15 is 0 Å². The number of hydrogen-bond acceptors (Lipinski definition) is 2. The fourth-order valence-electron chi connectivity index (χ4n) is 5.96. The van der Waals surface area contributed by atoms with Gasteiger partial charge in [-0.2, -0.15) is 0 Å². The molecule has 4 fully saturated rings. The minimum atomic E-state index is 0.145. The van der Waals surface area contributed by atoms with Crippen molar-refractivity contribution in [3.05, 3.63) is 0 Å². The van der Waals surface area contributed by atoms with Gasteiger partial charge in [-0.25, -0.2) is 4.79 Å². The van der Waals surface area contributed by atoms with E-state index in [9.17, 15) is 9.59 Å². The van der Waals surface area contributed by atoms with Crippen LogP contribution in [0.4, 0.5) is 4.79 Å². The lowest BCUT2D eigenvalue weighted by atomic mass is 9.84. The summed E-state index contributed by atoms with van der Waals surface area (Å²) in [6, 6.07) is 0.834. The number of piperidine rings is 1. The summed E-state index contributed by atoms with van der Waals surface area (Å²) >= 11 is 0. The molecule has 0 aromatic rings. The van der Waals surface area contributed by atoms with Crippen LogP contribution in [0.2, 0.25) is 0 Å². The molecule has 4 aliphatic rings. The van der Waals surface area contributed by atoms with Gasteiger partial charge in [-0.3, -0.25) is 4.79 Å². The number of likely N-dealkylation sites (tertiary alicyclic amines) is 2. The summed E-state index contributed by atoms with van der Waals surface area (Å²) in [4.78, 5) is 28.3. The number of hydrogen-bond donors (Lipinski definition) is 1. The van der Waals surface area contributed by atoms with E-state index in [1.807, 2.05) is 4.90 Å². The number of rotatable bonds is 3. The molecule has 0 radical (unpaired) electrons. The van der Waals surface area contributed by atoms with Gasteiger partial charge in [-0.1, -0.05) is 6.42 Å². The lowest BCUT2D eigenvalue weighted by Gasteiger charge is -2.34. The predicted molar refractivity (Wildman–Crippen MR) is 97.1 cm³/mol. The summed E-state index contributed by atoms with van der Waals surface area (Å²) in [5.41, 5.74) is 0. The summed E-state index contributed by atoms with van der Waals surface area (Å²) in [6.07, 6.45) is 11.1. The Bertz CT molecular complexity index is 515. The van der Waals surface area contributed by atoms with E-state index in [-0.39, 0.29) is 18.0 Å². The smallest absolute Gasteiger partial charge is 0.317 e. The molecule has 2 heterocycles. The molecule has 5 heteroatoms. The van der Waals surface area contributed by atoms with Crippen LogP contribution in [0.1, 0.15) is 64.7 Å². The van der Waals surface area contributed by atoms with E-state index in [0.717, 1.165) is 56.7 Å². The van der Waals surface area contributed by atoms with Crippen LogP contribution < -0.4 is 5.32 Å². The molecular formula is C20H33N3O2. The van der Waals surface area contributed by atoms with Gasteiger partial charge in [0, 0.05) is 38.6 Å². The molecule has 2 aliphatic carbocycles. The Balaban J connectivity index is 1.27. The lowest BCUT2D eigenvalue weighted by molar-refractivity contribution is -0.129. The van der Waals surface area contributed by atoms with Crippen molar-refractivity contribution < 1.29 is 9.59 Å². The molecule has 0 aromatic carbocycles. The summed E-state index contributed by atoms with van der Waals surface area (Å²) in [7, 11) is 0. The second-order valence-electron chi connectivity index (χ2n) is 8.89. The standard InChI is InChI=1S/C20H33N3O2/c1-14(24)22-9-6-18(7-10-22)21-20(25)23-8-2-3-19(23)13-17-12-15-4-5-16(17)11-15/h15-19H,2-13H2,1H3,(H,21,25)/t15-,16-,17+,19-/m0/s1. The van der Waals surface area contributed by atoms with Crippen LogP contribution in [0.25, 0.3) is 0 Å². The van der Waals surface area contributed by atoms with Gasteiger partial charge in [-0.05, 0) is 69.1 Å². The highest BCUT2D eigenvalue weighted by atomic mass is 16.2. The molecule has 2 aliphatic heterocycles. The maximum atomic E-state index is 12.8. The predicted octanol–water partition coefficient (Wildman–Crippen LogP) is 3.00. The average Bonchev–Trinajstić information content (AvgIpc) is 3.32. The van der Waals surface area contributed by atoms with E-state index in [0.29, 0.717) is 6.04 Å². The van der Waals surface area contributed by atoms with Gasteiger partial charge >= 0.3 is 6.03 Å². The summed E-state index contributed by atoms with van der Waals surface area (Å²) in [6.45, 7) is 4.09. The largest absolute Gasteiger partial charge is 0.343 e. The maximum absolute atomic E-state index is 12.8. The molecule has 140 valence electrons. The number of nitrogens with zero attached hydrogens (tertiary/aromatic N) is 2. The molecular weight excluding hydrogens is 314 g/mol. The van der Waals surface area contributed by atoms with Crippen LogP contribution in [0, 0.1) is 17.8 Å². The van der Waals surface area contributed by atoms with E-state index < -0.39 is 0 Å². The van der Waals surface area contributed by atoms with Crippen molar-refractivity contribution in [2.75, 3.05) is 19.6 Å². The van der Waals surface area contributed by atoms with Crippen LogP contribution in [0.5, 0.6) is 0 Å². The van der Waals surface area contributed by atoms with Crippen LogP contribution >= 0.6 is 0 Å². The van der Waals surface area contributed by atoms with E-state index in [2.05, 4.69) is 10.2 Å². The molecule has 25 heavy (non-hydrogen) atoms. The molecule has 5 nitrogen and oxygen atoms in total. The normalized spacial score (nSPS) is 35.4. The molecule has 4 rings (SSSR count). The Hall–Kier alpha value is -1.26. The molecule has 2 saturated heterocycles. The molecule has 0 spiro atoms. The topological polar surface area (TPSA) is 52.7 Å². The van der Waals surface area contributed by atoms with Crippen molar-refractivity contribution in [3.63, 3.8) is 0 Å². The quantitative estimate of drug-likeness (QED) is 0.853. The SMILES string of the molecule is CC(=O)N1CCC(NC(=O)N2CCC[C@H]2C[C@H]2C[C@H]3CC[C@H]2C3)CC1. The molecule has 0 aromatic heterocycles. The van der Waals surface area contributed by atoms with Crippen molar-refractivity contribution in [1.82, 2.24) is 15.1 Å². The molecule has 0 unspecified atom stereocenters. The first-order valence-electron chi connectivity index (χ1n) is 10.4. The first kappa shape index (κ1) is 17.2.